The summed E-state index contributed by atoms with van der Waals surface area (Å²) < 4.78 is 13.8. The van der Waals surface area contributed by atoms with Crippen molar-refractivity contribution in [2.75, 3.05) is 13.3 Å². The molecule has 0 aliphatic carbocycles. The summed E-state index contributed by atoms with van der Waals surface area (Å²) in [5, 5.41) is 3.35. The molecule has 1 unspecified atom stereocenters. The fourth-order valence-electron chi connectivity index (χ4n) is 2.22. The van der Waals surface area contributed by atoms with Gasteiger partial charge in [0.15, 0.2) is 0 Å². The molecule has 0 heterocycles. The minimum Gasteiger partial charge on any atom is -0.313 e. The van der Waals surface area contributed by atoms with Crippen molar-refractivity contribution < 1.29 is 4.39 Å². The molecule has 0 bridgehead atoms. The number of hydrogen-bond acceptors (Lipinski definition) is 2. The highest BCUT2D eigenvalue weighted by atomic mass is 79.9. The third-order valence-electron chi connectivity index (χ3n) is 3.29. The van der Waals surface area contributed by atoms with E-state index in [1.807, 2.05) is 19.2 Å². The molecule has 4 heteroatoms. The quantitative estimate of drug-likeness (QED) is 0.773. The van der Waals surface area contributed by atoms with Crippen molar-refractivity contribution in [1.82, 2.24) is 5.32 Å². The summed E-state index contributed by atoms with van der Waals surface area (Å²) in [5.41, 5.74) is 2.39. The first-order chi connectivity index (χ1) is 9.65. The number of likely N-dealkylation sites (N-methyl/N-ethyl adjacent to an activating group) is 1. The maximum Gasteiger partial charge on any atom is 0.137 e. The van der Waals surface area contributed by atoms with Gasteiger partial charge in [-0.2, -0.15) is 0 Å². The third-order valence-corrected chi connectivity index (χ3v) is 4.71. The fraction of sp³-hybridized carbons (Fsp3) is 0.250. The molecule has 0 fully saturated rings. The van der Waals surface area contributed by atoms with Crippen molar-refractivity contribution in [3.63, 3.8) is 0 Å². The molecular weight excluding hydrogens is 337 g/mol. The van der Waals surface area contributed by atoms with E-state index in [2.05, 4.69) is 51.8 Å². The Hall–Kier alpha value is -0.840. The number of hydrogen-bond donors (Lipinski definition) is 1. The molecule has 0 spiro atoms. The summed E-state index contributed by atoms with van der Waals surface area (Å²) in [4.78, 5) is 1.27. The molecule has 0 aliphatic rings. The van der Waals surface area contributed by atoms with Gasteiger partial charge in [-0.15, -0.1) is 11.8 Å². The van der Waals surface area contributed by atoms with Gasteiger partial charge in [0, 0.05) is 10.9 Å². The normalized spacial score (nSPS) is 12.4. The molecule has 0 saturated carbocycles. The van der Waals surface area contributed by atoms with Gasteiger partial charge in [-0.25, -0.2) is 4.39 Å². The Labute approximate surface area is 132 Å². The number of nitrogens with one attached hydrogen (secondary N) is 1. The number of rotatable bonds is 5. The van der Waals surface area contributed by atoms with E-state index in [0.717, 1.165) is 12.0 Å². The zero-order valence-corrected chi connectivity index (χ0v) is 13.9. The van der Waals surface area contributed by atoms with Crippen LogP contribution in [0.15, 0.2) is 51.8 Å². The first-order valence-corrected chi connectivity index (χ1v) is 8.41. The first kappa shape index (κ1) is 15.5. The standard InChI is InChI=1S/C16H17BrFNS/c1-19-15(12-5-3-4-6-16(12)20-2)10-11-7-8-14(18)13(17)9-11/h3-9,15,19H,10H2,1-2H3. The largest absolute Gasteiger partial charge is 0.313 e. The van der Waals surface area contributed by atoms with Crippen LogP contribution in [0.1, 0.15) is 17.2 Å². The summed E-state index contributed by atoms with van der Waals surface area (Å²) >= 11 is 4.99. The highest BCUT2D eigenvalue weighted by molar-refractivity contribution is 9.10. The predicted molar refractivity (Wildman–Crippen MR) is 87.8 cm³/mol. The molecule has 1 atom stereocenters. The van der Waals surface area contributed by atoms with Crippen LogP contribution in [0.25, 0.3) is 0 Å². The van der Waals surface area contributed by atoms with Crippen molar-refractivity contribution >= 4 is 27.7 Å². The van der Waals surface area contributed by atoms with Crippen LogP contribution in [0.3, 0.4) is 0 Å². The average molecular weight is 354 g/mol. The summed E-state index contributed by atoms with van der Waals surface area (Å²) in [5.74, 6) is -0.223. The molecule has 1 nitrogen and oxygen atoms in total. The Morgan fingerprint density at radius 3 is 2.65 bits per heavy atom. The molecule has 0 aliphatic heterocycles. The van der Waals surface area contributed by atoms with Gasteiger partial charge in [-0.1, -0.05) is 24.3 Å². The second-order valence-corrected chi connectivity index (χ2v) is 6.24. The average Bonchev–Trinajstić information content (AvgIpc) is 2.48. The zero-order chi connectivity index (χ0) is 14.5. The van der Waals surface area contributed by atoms with Gasteiger partial charge in [0.05, 0.1) is 4.47 Å². The number of benzene rings is 2. The van der Waals surface area contributed by atoms with Gasteiger partial charge in [0.25, 0.3) is 0 Å². The highest BCUT2D eigenvalue weighted by Gasteiger charge is 2.14. The fourth-order valence-corrected chi connectivity index (χ4v) is 3.31. The van der Waals surface area contributed by atoms with Crippen LogP contribution >= 0.6 is 27.7 Å². The van der Waals surface area contributed by atoms with Gasteiger partial charge >= 0.3 is 0 Å². The molecule has 2 aromatic rings. The van der Waals surface area contributed by atoms with Crippen molar-refractivity contribution in [3.8, 4) is 0 Å². The summed E-state index contributed by atoms with van der Waals surface area (Å²) in [6.45, 7) is 0. The molecule has 0 radical (unpaired) electrons. The van der Waals surface area contributed by atoms with Gasteiger partial charge in [-0.05, 0) is 65.0 Å². The van der Waals surface area contributed by atoms with E-state index in [0.29, 0.717) is 4.47 Å². The van der Waals surface area contributed by atoms with E-state index in [9.17, 15) is 4.39 Å². The Kier molecular flexibility index (Phi) is 5.64. The van der Waals surface area contributed by atoms with Gasteiger partial charge in [0.2, 0.25) is 0 Å². The molecule has 1 N–H and O–H groups in total. The Bertz CT molecular complexity index is 588. The van der Waals surface area contributed by atoms with E-state index in [1.54, 1.807) is 11.8 Å². The topological polar surface area (TPSA) is 12.0 Å². The summed E-state index contributed by atoms with van der Waals surface area (Å²) in [6, 6.07) is 13.8. The second-order valence-electron chi connectivity index (χ2n) is 4.54. The van der Waals surface area contributed by atoms with Crippen molar-refractivity contribution in [2.24, 2.45) is 0 Å². The summed E-state index contributed by atoms with van der Waals surface area (Å²) in [7, 11) is 1.96. The minimum atomic E-state index is -0.223. The van der Waals surface area contributed by atoms with Crippen LogP contribution in [0.5, 0.6) is 0 Å². The molecular formula is C16H17BrFNS. The molecule has 106 valence electrons. The molecule has 2 aromatic carbocycles. The lowest BCUT2D eigenvalue weighted by Crippen LogP contribution is -2.19. The maximum absolute atomic E-state index is 13.3. The highest BCUT2D eigenvalue weighted by Crippen LogP contribution is 2.28. The lowest BCUT2D eigenvalue weighted by Gasteiger charge is -2.19. The van der Waals surface area contributed by atoms with Crippen molar-refractivity contribution in [3.05, 3.63) is 63.9 Å². The number of halogens is 2. The van der Waals surface area contributed by atoms with Crippen LogP contribution in [-0.4, -0.2) is 13.3 Å². The monoisotopic (exact) mass is 353 g/mol. The maximum atomic E-state index is 13.3. The van der Waals surface area contributed by atoms with Crippen LogP contribution in [0.4, 0.5) is 4.39 Å². The van der Waals surface area contributed by atoms with E-state index in [-0.39, 0.29) is 11.9 Å². The SMILES string of the molecule is CNC(Cc1ccc(F)c(Br)c1)c1ccccc1SC. The predicted octanol–water partition coefficient (Wildman–Crippen LogP) is 4.81. The van der Waals surface area contributed by atoms with E-state index < -0.39 is 0 Å². The van der Waals surface area contributed by atoms with Crippen molar-refractivity contribution in [2.45, 2.75) is 17.4 Å². The first-order valence-electron chi connectivity index (χ1n) is 6.39. The molecule has 2 rings (SSSR count). The Morgan fingerprint density at radius 2 is 2.00 bits per heavy atom. The lowest BCUT2D eigenvalue weighted by atomic mass is 9.99. The lowest BCUT2D eigenvalue weighted by molar-refractivity contribution is 0.579. The Balaban J connectivity index is 2.26. The van der Waals surface area contributed by atoms with Crippen molar-refractivity contribution in [1.29, 1.82) is 0 Å². The Morgan fingerprint density at radius 1 is 1.25 bits per heavy atom. The van der Waals surface area contributed by atoms with Gasteiger partial charge < -0.3 is 5.32 Å². The van der Waals surface area contributed by atoms with E-state index in [1.165, 1.54) is 16.5 Å². The van der Waals surface area contributed by atoms with Crippen LogP contribution in [0.2, 0.25) is 0 Å². The molecule has 0 aromatic heterocycles. The minimum absolute atomic E-state index is 0.219. The van der Waals surface area contributed by atoms with Crippen LogP contribution in [-0.2, 0) is 6.42 Å². The van der Waals surface area contributed by atoms with Crippen LogP contribution in [0, 0.1) is 5.82 Å². The zero-order valence-electron chi connectivity index (χ0n) is 11.5. The van der Waals surface area contributed by atoms with E-state index >= 15 is 0 Å². The summed E-state index contributed by atoms with van der Waals surface area (Å²) in [6.07, 6.45) is 2.91. The molecule has 20 heavy (non-hydrogen) atoms. The molecule has 0 amide bonds. The third kappa shape index (κ3) is 3.62. The van der Waals surface area contributed by atoms with Gasteiger partial charge in [-0.3, -0.25) is 0 Å². The van der Waals surface area contributed by atoms with Crippen LogP contribution < -0.4 is 5.32 Å². The molecule has 0 saturated heterocycles. The smallest absolute Gasteiger partial charge is 0.137 e. The van der Waals surface area contributed by atoms with E-state index in [4.69, 9.17) is 0 Å². The number of thioether (sulfide) groups is 1. The van der Waals surface area contributed by atoms with Gasteiger partial charge in [0.1, 0.15) is 5.82 Å². The second kappa shape index (κ2) is 7.25.